The second kappa shape index (κ2) is 6.36. The normalized spacial score (nSPS) is 10.2. The predicted molar refractivity (Wildman–Crippen MR) is 79.3 cm³/mol. The van der Waals surface area contributed by atoms with Crippen LogP contribution < -0.4 is 11.3 Å². The van der Waals surface area contributed by atoms with Gasteiger partial charge in [-0.3, -0.25) is 10.6 Å². The number of halogens is 1. The predicted octanol–water partition coefficient (Wildman–Crippen LogP) is 2.29. The number of benzene rings is 1. The highest BCUT2D eigenvalue weighted by molar-refractivity contribution is 6.31. The second-order valence-corrected chi connectivity index (χ2v) is 4.74. The molecule has 1 aromatic carbocycles. The van der Waals surface area contributed by atoms with Gasteiger partial charge in [-0.05, 0) is 23.8 Å². The lowest BCUT2D eigenvalue weighted by atomic mass is 10.2. The van der Waals surface area contributed by atoms with Crippen LogP contribution in [0.25, 0.3) is 0 Å². The fraction of sp³-hybridized carbons (Fsp3) is 0.143. The summed E-state index contributed by atoms with van der Waals surface area (Å²) in [5, 5.41) is 0.641. The number of carbonyl (C=O) groups is 1. The van der Waals surface area contributed by atoms with Gasteiger partial charge in [-0.15, -0.1) is 0 Å². The third-order valence-corrected chi connectivity index (χ3v) is 3.23. The molecule has 1 aromatic heterocycles. The number of hydrogen-bond acceptors (Lipinski definition) is 4. The van der Waals surface area contributed by atoms with Crippen LogP contribution in [0, 0.1) is 0 Å². The van der Waals surface area contributed by atoms with Crippen molar-refractivity contribution in [1.29, 1.82) is 0 Å². The number of nitrogens with zero attached hydrogens (tertiary/aromatic N) is 2. The second-order valence-electron chi connectivity index (χ2n) is 4.33. The van der Waals surface area contributed by atoms with Crippen LogP contribution in [0.3, 0.4) is 0 Å². The molecule has 0 saturated heterocycles. The van der Waals surface area contributed by atoms with Gasteiger partial charge in [0.25, 0.3) is 5.91 Å². The van der Waals surface area contributed by atoms with Crippen molar-refractivity contribution in [1.82, 2.24) is 9.88 Å². The Bertz CT molecular complexity index is 600. The molecule has 1 heterocycles. The van der Waals surface area contributed by atoms with Gasteiger partial charge in [-0.2, -0.15) is 0 Å². The summed E-state index contributed by atoms with van der Waals surface area (Å²) in [6.45, 7) is 0.428. The first-order valence-electron chi connectivity index (χ1n) is 6.03. The third-order valence-electron chi connectivity index (χ3n) is 2.86. The minimum atomic E-state index is -0.173. The Labute approximate surface area is 122 Å². The molecule has 5 nitrogen and oxygen atoms in total. The Hall–Kier alpha value is -2.11. The number of nitrogen functional groups attached to an aromatic ring is 1. The summed E-state index contributed by atoms with van der Waals surface area (Å²) in [5.41, 5.74) is 4.37. The summed E-state index contributed by atoms with van der Waals surface area (Å²) in [7, 11) is 1.71. The number of hydrazine groups is 1. The molecule has 104 valence electrons. The molecule has 1 amide bonds. The van der Waals surface area contributed by atoms with Crippen LogP contribution in [0.1, 0.15) is 16.1 Å². The summed E-state index contributed by atoms with van der Waals surface area (Å²) in [5.74, 6) is 5.08. The molecular formula is C14H15ClN4O. The maximum absolute atomic E-state index is 12.2. The lowest BCUT2D eigenvalue weighted by Gasteiger charge is -2.17. The van der Waals surface area contributed by atoms with E-state index in [1.165, 1.54) is 6.20 Å². The molecule has 0 unspecified atom stereocenters. The molecule has 2 aromatic rings. The van der Waals surface area contributed by atoms with Gasteiger partial charge in [-0.1, -0.05) is 29.8 Å². The quantitative estimate of drug-likeness (QED) is 0.669. The number of hydrogen-bond donors (Lipinski definition) is 2. The van der Waals surface area contributed by atoms with Crippen LogP contribution in [-0.2, 0) is 6.54 Å². The molecule has 20 heavy (non-hydrogen) atoms. The van der Waals surface area contributed by atoms with E-state index in [0.717, 1.165) is 5.56 Å². The van der Waals surface area contributed by atoms with Crippen molar-refractivity contribution in [3.05, 3.63) is 58.9 Å². The highest BCUT2D eigenvalue weighted by Crippen LogP contribution is 2.17. The average Bonchev–Trinajstić information content (AvgIpc) is 2.49. The van der Waals surface area contributed by atoms with E-state index in [-0.39, 0.29) is 5.91 Å². The Morgan fingerprint density at radius 1 is 1.35 bits per heavy atom. The standard InChI is InChI=1S/C14H15ClN4O/c1-19(9-10-4-2-3-5-12(10)15)14(20)13-7-6-11(18-16)8-17-13/h2-8,18H,9,16H2,1H3. The van der Waals surface area contributed by atoms with E-state index in [9.17, 15) is 4.79 Å². The number of pyridine rings is 1. The molecule has 2 rings (SSSR count). The molecule has 0 bridgehead atoms. The third kappa shape index (κ3) is 3.26. The molecule has 0 radical (unpaired) electrons. The number of carbonyl (C=O) groups excluding carboxylic acids is 1. The Balaban J connectivity index is 2.10. The van der Waals surface area contributed by atoms with Crippen LogP contribution in [-0.4, -0.2) is 22.8 Å². The molecule has 0 aliphatic rings. The van der Waals surface area contributed by atoms with E-state index in [2.05, 4.69) is 10.4 Å². The van der Waals surface area contributed by atoms with E-state index >= 15 is 0 Å². The molecule has 0 aliphatic heterocycles. The minimum Gasteiger partial charge on any atom is -0.336 e. The highest BCUT2D eigenvalue weighted by atomic mass is 35.5. The zero-order valence-electron chi connectivity index (χ0n) is 11.0. The van der Waals surface area contributed by atoms with Gasteiger partial charge < -0.3 is 10.3 Å². The number of nitrogens with two attached hydrogens (primary N) is 1. The molecule has 0 fully saturated rings. The van der Waals surface area contributed by atoms with Crippen LogP contribution in [0.2, 0.25) is 5.02 Å². The highest BCUT2D eigenvalue weighted by Gasteiger charge is 2.14. The number of aromatic nitrogens is 1. The Kier molecular flexibility index (Phi) is 4.55. The van der Waals surface area contributed by atoms with Gasteiger partial charge >= 0.3 is 0 Å². The summed E-state index contributed by atoms with van der Waals surface area (Å²) >= 11 is 6.08. The van der Waals surface area contributed by atoms with Crippen molar-refractivity contribution in [3.63, 3.8) is 0 Å². The van der Waals surface area contributed by atoms with E-state index in [1.54, 1.807) is 30.1 Å². The maximum Gasteiger partial charge on any atom is 0.272 e. The first-order chi connectivity index (χ1) is 9.61. The van der Waals surface area contributed by atoms with Crippen molar-refractivity contribution in [2.45, 2.75) is 6.54 Å². The topological polar surface area (TPSA) is 71.2 Å². The maximum atomic E-state index is 12.2. The molecular weight excluding hydrogens is 276 g/mol. The van der Waals surface area contributed by atoms with Crippen LogP contribution >= 0.6 is 11.6 Å². The van der Waals surface area contributed by atoms with Gasteiger partial charge in [-0.25, -0.2) is 4.98 Å². The summed E-state index contributed by atoms with van der Waals surface area (Å²) < 4.78 is 0. The van der Waals surface area contributed by atoms with Gasteiger partial charge in [0.05, 0.1) is 11.9 Å². The Morgan fingerprint density at radius 3 is 2.70 bits per heavy atom. The molecule has 0 aliphatic carbocycles. The molecule has 0 spiro atoms. The molecule has 6 heteroatoms. The monoisotopic (exact) mass is 290 g/mol. The summed E-state index contributed by atoms with van der Waals surface area (Å²) in [4.78, 5) is 17.9. The SMILES string of the molecule is CN(Cc1ccccc1Cl)C(=O)c1ccc(NN)cn1. The van der Waals surface area contributed by atoms with Gasteiger partial charge in [0, 0.05) is 18.6 Å². The van der Waals surface area contributed by atoms with Crippen molar-refractivity contribution in [3.8, 4) is 0 Å². The number of anilines is 1. The minimum absolute atomic E-state index is 0.173. The number of nitrogens with one attached hydrogen (secondary N) is 1. The van der Waals surface area contributed by atoms with Crippen molar-refractivity contribution < 1.29 is 4.79 Å². The van der Waals surface area contributed by atoms with Gasteiger partial charge in [0.2, 0.25) is 0 Å². The van der Waals surface area contributed by atoms with Crippen molar-refractivity contribution in [2.75, 3.05) is 12.5 Å². The van der Waals surface area contributed by atoms with Crippen molar-refractivity contribution >= 4 is 23.2 Å². The summed E-state index contributed by atoms with van der Waals surface area (Å²) in [6, 6.07) is 10.8. The first-order valence-corrected chi connectivity index (χ1v) is 6.41. The van der Waals surface area contributed by atoms with Crippen LogP contribution in [0.15, 0.2) is 42.6 Å². The molecule has 3 N–H and O–H groups in total. The molecule has 0 atom stereocenters. The fourth-order valence-electron chi connectivity index (χ4n) is 1.76. The zero-order chi connectivity index (χ0) is 14.5. The summed E-state index contributed by atoms with van der Waals surface area (Å²) in [6.07, 6.45) is 1.51. The molecule has 0 saturated carbocycles. The van der Waals surface area contributed by atoms with E-state index < -0.39 is 0 Å². The average molecular weight is 291 g/mol. The van der Waals surface area contributed by atoms with Crippen LogP contribution in [0.4, 0.5) is 5.69 Å². The zero-order valence-corrected chi connectivity index (χ0v) is 11.8. The fourth-order valence-corrected chi connectivity index (χ4v) is 1.95. The first kappa shape index (κ1) is 14.3. The largest absolute Gasteiger partial charge is 0.336 e. The number of amides is 1. The van der Waals surface area contributed by atoms with Crippen LogP contribution in [0.5, 0.6) is 0 Å². The van der Waals surface area contributed by atoms with E-state index in [4.69, 9.17) is 17.4 Å². The van der Waals surface area contributed by atoms with E-state index in [1.807, 2.05) is 18.2 Å². The van der Waals surface area contributed by atoms with Crippen molar-refractivity contribution in [2.24, 2.45) is 5.84 Å². The lowest BCUT2D eigenvalue weighted by Crippen LogP contribution is -2.27. The smallest absolute Gasteiger partial charge is 0.272 e. The van der Waals surface area contributed by atoms with E-state index in [0.29, 0.717) is 22.9 Å². The van der Waals surface area contributed by atoms with Gasteiger partial charge in [0.1, 0.15) is 5.69 Å². The Morgan fingerprint density at radius 2 is 2.10 bits per heavy atom. The number of rotatable bonds is 4. The van der Waals surface area contributed by atoms with Gasteiger partial charge in [0.15, 0.2) is 0 Å². The lowest BCUT2D eigenvalue weighted by molar-refractivity contribution is 0.0779.